The Labute approximate surface area is 125 Å². The molecule has 1 aliphatic carbocycles. The lowest BCUT2D eigenvalue weighted by Crippen LogP contribution is -2.53. The van der Waals surface area contributed by atoms with Gasteiger partial charge >= 0.3 is 0 Å². The summed E-state index contributed by atoms with van der Waals surface area (Å²) in [6, 6.07) is 2.10. The second-order valence-electron chi connectivity index (χ2n) is 5.48. The van der Waals surface area contributed by atoms with E-state index in [9.17, 15) is 4.79 Å². The molecule has 2 rings (SSSR count). The second-order valence-corrected chi connectivity index (χ2v) is 6.26. The predicted molar refractivity (Wildman–Crippen MR) is 82.8 cm³/mol. The Morgan fingerprint density at radius 1 is 1.58 bits per heavy atom. The van der Waals surface area contributed by atoms with Crippen LogP contribution in [0, 0.1) is 5.92 Å². The fourth-order valence-corrected chi connectivity index (χ4v) is 3.38. The van der Waals surface area contributed by atoms with E-state index in [0.29, 0.717) is 6.54 Å². The number of hydrogen-bond donors (Lipinski definition) is 2. The predicted octanol–water partition coefficient (Wildman–Crippen LogP) is 2.74. The van der Waals surface area contributed by atoms with E-state index in [0.717, 1.165) is 32.1 Å². The van der Waals surface area contributed by atoms with Gasteiger partial charge in [0, 0.05) is 12.1 Å². The van der Waals surface area contributed by atoms with Gasteiger partial charge in [-0.25, -0.2) is 0 Å². The van der Waals surface area contributed by atoms with Crippen molar-refractivity contribution in [2.75, 3.05) is 6.54 Å². The molecule has 2 atom stereocenters. The van der Waals surface area contributed by atoms with Crippen LogP contribution >= 0.6 is 23.7 Å². The van der Waals surface area contributed by atoms with Crippen LogP contribution in [-0.2, 0) is 11.2 Å². The number of thiophene rings is 1. The molecule has 3 nitrogen and oxygen atoms in total. The molecule has 0 aliphatic heterocycles. The van der Waals surface area contributed by atoms with Crippen molar-refractivity contribution in [3.05, 3.63) is 22.4 Å². The van der Waals surface area contributed by atoms with Crippen LogP contribution in [0.4, 0.5) is 0 Å². The maximum Gasteiger partial charge on any atom is 0.224 e. The molecule has 3 N–H and O–H groups in total. The summed E-state index contributed by atoms with van der Waals surface area (Å²) in [4.78, 5) is 12.2. The van der Waals surface area contributed by atoms with Crippen molar-refractivity contribution in [2.24, 2.45) is 11.7 Å². The summed E-state index contributed by atoms with van der Waals surface area (Å²) in [5, 5.41) is 7.22. The number of nitrogens with one attached hydrogen (secondary N) is 1. The van der Waals surface area contributed by atoms with Crippen molar-refractivity contribution in [2.45, 2.75) is 44.6 Å². The van der Waals surface area contributed by atoms with Gasteiger partial charge in [0.05, 0.1) is 5.92 Å². The lowest BCUT2D eigenvalue weighted by Gasteiger charge is -2.37. The molecular weight excluding hydrogens is 280 g/mol. The largest absolute Gasteiger partial charge is 0.355 e. The molecule has 0 radical (unpaired) electrons. The fraction of sp³-hybridized carbons (Fsp3) is 0.643. The number of rotatable bonds is 4. The lowest BCUT2D eigenvalue weighted by atomic mass is 9.74. The van der Waals surface area contributed by atoms with Gasteiger partial charge in [0.2, 0.25) is 5.91 Å². The molecule has 108 valence electrons. The molecular formula is C14H23ClN2OS. The van der Waals surface area contributed by atoms with E-state index in [1.165, 1.54) is 5.56 Å². The van der Waals surface area contributed by atoms with Crippen LogP contribution < -0.4 is 11.1 Å². The molecule has 2 unspecified atom stereocenters. The van der Waals surface area contributed by atoms with E-state index in [1.54, 1.807) is 11.3 Å². The summed E-state index contributed by atoms with van der Waals surface area (Å²) in [7, 11) is 0. The van der Waals surface area contributed by atoms with Gasteiger partial charge in [0.25, 0.3) is 0 Å². The van der Waals surface area contributed by atoms with Crippen LogP contribution in [0.3, 0.4) is 0 Å². The minimum absolute atomic E-state index is 0. The highest BCUT2D eigenvalue weighted by Crippen LogP contribution is 2.31. The highest BCUT2D eigenvalue weighted by atomic mass is 35.5. The van der Waals surface area contributed by atoms with Gasteiger partial charge in [-0.3, -0.25) is 4.79 Å². The Balaban J connectivity index is 0.00000180. The number of carbonyl (C=O) groups is 1. The first-order chi connectivity index (χ1) is 8.59. The van der Waals surface area contributed by atoms with Crippen LogP contribution in [0.25, 0.3) is 0 Å². The Hall–Kier alpha value is -0.580. The van der Waals surface area contributed by atoms with Gasteiger partial charge in [0.15, 0.2) is 0 Å². The zero-order valence-electron chi connectivity index (χ0n) is 11.4. The van der Waals surface area contributed by atoms with Crippen molar-refractivity contribution >= 4 is 29.7 Å². The van der Waals surface area contributed by atoms with Crippen molar-refractivity contribution < 1.29 is 4.79 Å². The molecule has 1 amide bonds. The summed E-state index contributed by atoms with van der Waals surface area (Å²) in [5.41, 5.74) is 7.19. The number of amides is 1. The van der Waals surface area contributed by atoms with Gasteiger partial charge in [-0.1, -0.05) is 12.8 Å². The van der Waals surface area contributed by atoms with Crippen LogP contribution in [-0.4, -0.2) is 18.0 Å². The van der Waals surface area contributed by atoms with Gasteiger partial charge in [-0.15, -0.1) is 12.4 Å². The smallest absolute Gasteiger partial charge is 0.224 e. The van der Waals surface area contributed by atoms with E-state index >= 15 is 0 Å². The van der Waals surface area contributed by atoms with E-state index < -0.39 is 0 Å². The number of hydrogen-bond acceptors (Lipinski definition) is 3. The number of nitrogens with two attached hydrogens (primary N) is 1. The molecule has 1 fully saturated rings. The normalized spacial score (nSPS) is 26.5. The van der Waals surface area contributed by atoms with Gasteiger partial charge < -0.3 is 11.1 Å². The highest BCUT2D eigenvalue weighted by Gasteiger charge is 2.37. The molecule has 1 aromatic rings. The lowest BCUT2D eigenvalue weighted by molar-refractivity contribution is -0.128. The summed E-state index contributed by atoms with van der Waals surface area (Å²) in [6.45, 7) is 2.72. The van der Waals surface area contributed by atoms with Crippen molar-refractivity contribution in [3.8, 4) is 0 Å². The fourth-order valence-electron chi connectivity index (χ4n) is 2.68. The number of carbonyl (C=O) groups excluding carboxylic acids is 1. The van der Waals surface area contributed by atoms with Crippen molar-refractivity contribution in [3.63, 3.8) is 0 Å². The summed E-state index contributed by atoms with van der Waals surface area (Å²) in [6.07, 6.45) is 5.05. The maximum atomic E-state index is 12.2. The standard InChI is InChI=1S/C14H22N2OS.ClH/c1-14(15)7-3-2-4-12(14)13(17)16-8-5-11-6-9-18-10-11;/h6,9-10,12H,2-5,7-8,15H2,1H3,(H,16,17);1H. The summed E-state index contributed by atoms with van der Waals surface area (Å²) >= 11 is 1.69. The molecule has 5 heteroatoms. The highest BCUT2D eigenvalue weighted by molar-refractivity contribution is 7.07. The van der Waals surface area contributed by atoms with E-state index in [2.05, 4.69) is 22.1 Å². The Bertz CT molecular complexity index is 392. The summed E-state index contributed by atoms with van der Waals surface area (Å²) in [5.74, 6) is 0.114. The monoisotopic (exact) mass is 302 g/mol. The first-order valence-corrected chi connectivity index (χ1v) is 7.61. The van der Waals surface area contributed by atoms with Gasteiger partial charge in [-0.2, -0.15) is 11.3 Å². The molecule has 19 heavy (non-hydrogen) atoms. The van der Waals surface area contributed by atoms with E-state index in [4.69, 9.17) is 5.73 Å². The van der Waals surface area contributed by atoms with Crippen molar-refractivity contribution in [1.29, 1.82) is 0 Å². The molecule has 0 spiro atoms. The average molecular weight is 303 g/mol. The third-order valence-corrected chi connectivity index (χ3v) is 4.60. The van der Waals surface area contributed by atoms with Crippen LogP contribution in [0.1, 0.15) is 38.2 Å². The SMILES string of the molecule is CC1(N)CCCCC1C(=O)NCCc1ccsc1.Cl. The Morgan fingerprint density at radius 2 is 2.37 bits per heavy atom. The first-order valence-electron chi connectivity index (χ1n) is 6.67. The topological polar surface area (TPSA) is 55.1 Å². The average Bonchev–Trinajstić information content (AvgIpc) is 2.81. The number of halogens is 1. The first kappa shape index (κ1) is 16.5. The molecule has 1 aromatic heterocycles. The van der Waals surface area contributed by atoms with E-state index in [1.807, 2.05) is 6.92 Å². The van der Waals surface area contributed by atoms with Crippen LogP contribution in [0.2, 0.25) is 0 Å². The third-order valence-electron chi connectivity index (χ3n) is 3.86. The molecule has 1 aliphatic rings. The maximum absolute atomic E-state index is 12.2. The minimum Gasteiger partial charge on any atom is -0.355 e. The Kier molecular flexibility index (Phi) is 6.30. The molecule has 1 saturated carbocycles. The third kappa shape index (κ3) is 4.48. The summed E-state index contributed by atoms with van der Waals surface area (Å²) < 4.78 is 0. The molecule has 1 heterocycles. The van der Waals surface area contributed by atoms with Gasteiger partial charge in [-0.05, 0) is 48.6 Å². The van der Waals surface area contributed by atoms with Crippen molar-refractivity contribution in [1.82, 2.24) is 5.32 Å². The van der Waals surface area contributed by atoms with Gasteiger partial charge in [0.1, 0.15) is 0 Å². The zero-order chi connectivity index (χ0) is 13.0. The van der Waals surface area contributed by atoms with E-state index in [-0.39, 0.29) is 29.8 Å². The quantitative estimate of drug-likeness (QED) is 0.898. The zero-order valence-corrected chi connectivity index (χ0v) is 13.0. The van der Waals surface area contributed by atoms with Crippen LogP contribution in [0.5, 0.6) is 0 Å². The molecule has 0 aromatic carbocycles. The molecule has 0 bridgehead atoms. The minimum atomic E-state index is -0.329. The molecule has 0 saturated heterocycles. The Morgan fingerprint density at radius 3 is 3.00 bits per heavy atom. The second kappa shape index (κ2) is 7.27. The van der Waals surface area contributed by atoms with Crippen LogP contribution in [0.15, 0.2) is 16.8 Å².